The van der Waals surface area contributed by atoms with Crippen molar-refractivity contribution in [1.29, 1.82) is 0 Å². The maximum absolute atomic E-state index is 12.7. The molecule has 4 rings (SSSR count). The van der Waals surface area contributed by atoms with Crippen molar-refractivity contribution in [3.63, 3.8) is 0 Å². The van der Waals surface area contributed by atoms with E-state index in [9.17, 15) is 14.4 Å². The fourth-order valence-corrected chi connectivity index (χ4v) is 5.23. The van der Waals surface area contributed by atoms with Crippen LogP contribution in [0.15, 0.2) is 48.5 Å². The summed E-state index contributed by atoms with van der Waals surface area (Å²) in [6.07, 6.45) is 3.04. The van der Waals surface area contributed by atoms with E-state index in [0.717, 1.165) is 19.3 Å². The molecule has 1 fully saturated rings. The van der Waals surface area contributed by atoms with Crippen LogP contribution in [-0.2, 0) is 14.3 Å². The monoisotopic (exact) mass is 464 g/mol. The highest BCUT2D eigenvalue weighted by Gasteiger charge is 2.33. The molecule has 2 aromatic rings. The predicted octanol–water partition coefficient (Wildman–Crippen LogP) is 4.41. The van der Waals surface area contributed by atoms with Crippen molar-refractivity contribution >= 4 is 18.0 Å². The Hall–Kier alpha value is -3.35. The first-order valence-corrected chi connectivity index (χ1v) is 12.0. The minimum atomic E-state index is -0.857. The lowest BCUT2D eigenvalue weighted by Crippen LogP contribution is -2.40. The van der Waals surface area contributed by atoms with E-state index < -0.39 is 12.1 Å². The van der Waals surface area contributed by atoms with Gasteiger partial charge in [0.05, 0.1) is 0 Å². The Kier molecular flexibility index (Phi) is 7.50. The van der Waals surface area contributed by atoms with Crippen molar-refractivity contribution in [1.82, 2.24) is 10.2 Å². The summed E-state index contributed by atoms with van der Waals surface area (Å²) in [6, 6.07) is 16.4. The van der Waals surface area contributed by atoms with Crippen LogP contribution >= 0.6 is 0 Å². The molecule has 34 heavy (non-hydrogen) atoms. The second kappa shape index (κ2) is 10.7. The number of fused-ring (bicyclic) bond motifs is 3. The van der Waals surface area contributed by atoms with Crippen LogP contribution in [0.1, 0.15) is 55.6 Å². The van der Waals surface area contributed by atoms with Crippen molar-refractivity contribution in [2.45, 2.75) is 50.5 Å². The van der Waals surface area contributed by atoms with E-state index in [0.29, 0.717) is 19.4 Å². The fraction of sp³-hybridized carbons (Fsp3) is 0.444. The molecule has 2 aliphatic rings. The van der Waals surface area contributed by atoms with Crippen LogP contribution in [0.4, 0.5) is 4.79 Å². The highest BCUT2D eigenvalue weighted by Crippen LogP contribution is 2.44. The number of nitrogens with zero attached hydrogens (tertiary/aromatic N) is 1. The molecule has 0 aliphatic heterocycles. The van der Waals surface area contributed by atoms with Gasteiger partial charge in [-0.3, -0.25) is 9.59 Å². The van der Waals surface area contributed by atoms with E-state index in [1.54, 1.807) is 11.9 Å². The molecule has 2 aromatic carbocycles. The van der Waals surface area contributed by atoms with Crippen molar-refractivity contribution in [3.8, 4) is 11.1 Å². The summed E-state index contributed by atoms with van der Waals surface area (Å²) in [7, 11) is 1.70. The van der Waals surface area contributed by atoms with Crippen molar-refractivity contribution < 1.29 is 24.2 Å². The number of hydrogen-bond donors (Lipinski definition) is 2. The van der Waals surface area contributed by atoms with E-state index in [1.165, 1.54) is 22.3 Å². The number of carboxylic acid groups (broad SMARTS) is 1. The topological polar surface area (TPSA) is 95.9 Å². The SMILES string of the molecule is CN(CCCC(=O)O)C(=O)CC1CCCC1NC(=O)OCC1c2ccccc2-c2ccccc21. The van der Waals surface area contributed by atoms with Gasteiger partial charge in [-0.15, -0.1) is 0 Å². The van der Waals surface area contributed by atoms with E-state index >= 15 is 0 Å². The van der Waals surface area contributed by atoms with Gasteiger partial charge < -0.3 is 20.1 Å². The Morgan fingerprint density at radius 1 is 1.03 bits per heavy atom. The molecule has 2 atom stereocenters. The van der Waals surface area contributed by atoms with E-state index in [1.807, 2.05) is 24.3 Å². The van der Waals surface area contributed by atoms with E-state index in [4.69, 9.17) is 9.84 Å². The lowest BCUT2D eigenvalue weighted by Gasteiger charge is -2.24. The molecule has 2 aliphatic carbocycles. The molecule has 2 amide bonds. The number of hydrogen-bond acceptors (Lipinski definition) is 4. The zero-order chi connectivity index (χ0) is 24.1. The normalized spacial score (nSPS) is 18.7. The number of carbonyl (C=O) groups excluding carboxylic acids is 2. The third-order valence-corrected chi connectivity index (χ3v) is 7.05. The molecule has 0 spiro atoms. The van der Waals surface area contributed by atoms with Gasteiger partial charge in [0.15, 0.2) is 0 Å². The van der Waals surface area contributed by atoms with Gasteiger partial charge in [-0.05, 0) is 47.4 Å². The lowest BCUT2D eigenvalue weighted by atomic mass is 9.98. The summed E-state index contributed by atoms with van der Waals surface area (Å²) in [5.74, 6) is -0.797. The highest BCUT2D eigenvalue weighted by atomic mass is 16.5. The van der Waals surface area contributed by atoms with Gasteiger partial charge in [-0.2, -0.15) is 0 Å². The minimum Gasteiger partial charge on any atom is -0.481 e. The summed E-state index contributed by atoms with van der Waals surface area (Å²) in [5, 5.41) is 11.8. The molecule has 2 unspecified atom stereocenters. The van der Waals surface area contributed by atoms with Gasteiger partial charge in [0.1, 0.15) is 6.61 Å². The van der Waals surface area contributed by atoms with Crippen LogP contribution in [0.3, 0.4) is 0 Å². The molecule has 180 valence electrons. The summed E-state index contributed by atoms with van der Waals surface area (Å²) in [5.41, 5.74) is 4.72. The number of benzene rings is 2. The number of ether oxygens (including phenoxy) is 1. The van der Waals surface area contributed by atoms with Gasteiger partial charge in [0.25, 0.3) is 0 Å². The fourth-order valence-electron chi connectivity index (χ4n) is 5.23. The van der Waals surface area contributed by atoms with Crippen molar-refractivity contribution in [2.24, 2.45) is 5.92 Å². The van der Waals surface area contributed by atoms with Gasteiger partial charge >= 0.3 is 12.1 Å². The molecule has 7 heteroatoms. The molecule has 2 N–H and O–H groups in total. The summed E-state index contributed by atoms with van der Waals surface area (Å²) in [4.78, 5) is 37.5. The molecule has 7 nitrogen and oxygen atoms in total. The number of rotatable bonds is 9. The third-order valence-electron chi connectivity index (χ3n) is 7.05. The Morgan fingerprint density at radius 2 is 1.68 bits per heavy atom. The summed E-state index contributed by atoms with van der Waals surface area (Å²) >= 11 is 0. The molecule has 0 bridgehead atoms. The summed E-state index contributed by atoms with van der Waals surface area (Å²) in [6.45, 7) is 0.685. The van der Waals surface area contributed by atoms with Gasteiger partial charge in [0, 0.05) is 38.4 Å². The largest absolute Gasteiger partial charge is 0.481 e. The Labute approximate surface area is 200 Å². The second-order valence-corrected chi connectivity index (χ2v) is 9.28. The number of aliphatic carboxylic acids is 1. The first-order chi connectivity index (χ1) is 16.4. The van der Waals surface area contributed by atoms with Crippen LogP contribution in [-0.4, -0.2) is 54.2 Å². The van der Waals surface area contributed by atoms with Crippen LogP contribution in [0.25, 0.3) is 11.1 Å². The first kappa shape index (κ1) is 23.8. The molecular weight excluding hydrogens is 432 g/mol. The number of carbonyl (C=O) groups is 3. The standard InChI is InChI=1S/C27H32N2O5/c1-29(15-7-14-26(31)32)25(30)16-18-8-6-13-24(18)28-27(33)34-17-23-21-11-4-2-9-19(21)20-10-3-5-12-22(20)23/h2-5,9-12,18,23-24H,6-8,13-17H2,1H3,(H,28,33)(H,31,32). The Bertz CT molecular complexity index is 1010. The second-order valence-electron chi connectivity index (χ2n) is 9.28. The van der Waals surface area contributed by atoms with Crippen LogP contribution < -0.4 is 5.32 Å². The summed E-state index contributed by atoms with van der Waals surface area (Å²) < 4.78 is 5.68. The predicted molar refractivity (Wildman–Crippen MR) is 128 cm³/mol. The molecule has 0 radical (unpaired) electrons. The minimum absolute atomic E-state index is 0.0126. The number of alkyl carbamates (subject to hydrolysis) is 1. The molecule has 0 saturated heterocycles. The van der Waals surface area contributed by atoms with Crippen molar-refractivity contribution in [3.05, 3.63) is 59.7 Å². The Balaban J connectivity index is 1.29. The number of nitrogens with one attached hydrogen (secondary N) is 1. The van der Waals surface area contributed by atoms with Crippen LogP contribution in [0.5, 0.6) is 0 Å². The van der Waals surface area contributed by atoms with E-state index in [-0.39, 0.29) is 36.8 Å². The van der Waals surface area contributed by atoms with Crippen molar-refractivity contribution in [2.75, 3.05) is 20.2 Å². The molecular formula is C27H32N2O5. The average molecular weight is 465 g/mol. The van der Waals surface area contributed by atoms with Gasteiger partial charge in [0.2, 0.25) is 5.91 Å². The first-order valence-electron chi connectivity index (χ1n) is 12.0. The van der Waals surface area contributed by atoms with Gasteiger partial charge in [-0.25, -0.2) is 4.79 Å². The van der Waals surface area contributed by atoms with Crippen LogP contribution in [0.2, 0.25) is 0 Å². The average Bonchev–Trinajstić information content (AvgIpc) is 3.39. The lowest BCUT2D eigenvalue weighted by molar-refractivity contribution is -0.138. The van der Waals surface area contributed by atoms with Gasteiger partial charge in [-0.1, -0.05) is 55.0 Å². The zero-order valence-electron chi connectivity index (χ0n) is 19.5. The quantitative estimate of drug-likeness (QED) is 0.573. The molecule has 0 aromatic heterocycles. The third kappa shape index (κ3) is 5.41. The Morgan fingerprint density at radius 3 is 2.32 bits per heavy atom. The van der Waals surface area contributed by atoms with Crippen LogP contribution in [0, 0.1) is 5.92 Å². The van der Waals surface area contributed by atoms with E-state index in [2.05, 4.69) is 29.6 Å². The molecule has 0 heterocycles. The maximum Gasteiger partial charge on any atom is 0.407 e. The number of carboxylic acids is 1. The zero-order valence-corrected chi connectivity index (χ0v) is 19.5. The smallest absolute Gasteiger partial charge is 0.407 e. The number of amides is 2. The highest BCUT2D eigenvalue weighted by molar-refractivity contribution is 5.79. The molecule has 1 saturated carbocycles. The maximum atomic E-state index is 12.7.